The van der Waals surface area contributed by atoms with Crippen molar-refractivity contribution in [3.63, 3.8) is 0 Å². The minimum atomic E-state index is -1.80. The Hall–Kier alpha value is -0.993. The fourth-order valence-corrected chi connectivity index (χ4v) is 10.2. The fraction of sp³-hybridized carbons (Fsp3) is 0.400. The van der Waals surface area contributed by atoms with Crippen molar-refractivity contribution >= 4 is 26.7 Å². The zero-order chi connectivity index (χ0) is 16.6. The molecule has 2 saturated heterocycles. The molecule has 0 N–H and O–H groups in total. The molecule has 2 heterocycles. The molecule has 0 aliphatic carbocycles. The van der Waals surface area contributed by atoms with Crippen LogP contribution in [0.3, 0.4) is 0 Å². The Morgan fingerprint density at radius 2 is 1.62 bits per heavy atom. The number of nitrogens with zero attached hydrogens (tertiary/aromatic N) is 1. The maximum atomic E-state index is 6.49. The first-order chi connectivity index (χ1) is 11.7. The maximum Gasteiger partial charge on any atom is 0.117 e. The van der Waals surface area contributed by atoms with Crippen LogP contribution in [0.15, 0.2) is 60.7 Å². The van der Waals surface area contributed by atoms with Crippen LogP contribution in [0.5, 0.6) is 0 Å². The van der Waals surface area contributed by atoms with Crippen molar-refractivity contribution in [3.8, 4) is 0 Å². The van der Waals surface area contributed by atoms with Crippen LogP contribution in [-0.2, 0) is 4.52 Å². The van der Waals surface area contributed by atoms with Gasteiger partial charge in [-0.2, -0.15) is 0 Å². The molecule has 0 radical (unpaired) electrons. The van der Waals surface area contributed by atoms with E-state index >= 15 is 0 Å². The van der Waals surface area contributed by atoms with Gasteiger partial charge in [0.05, 0.1) is 6.10 Å². The highest BCUT2D eigenvalue weighted by Crippen LogP contribution is 2.53. The third-order valence-electron chi connectivity index (χ3n) is 5.78. The summed E-state index contributed by atoms with van der Waals surface area (Å²) in [5.41, 5.74) is 0. The van der Waals surface area contributed by atoms with Gasteiger partial charge >= 0.3 is 0 Å². The molecule has 2 aromatic carbocycles. The highest BCUT2D eigenvalue weighted by Gasteiger charge is 2.47. The van der Waals surface area contributed by atoms with Gasteiger partial charge in [-0.25, -0.2) is 0 Å². The molecule has 4 rings (SSSR count). The first-order valence-corrected chi connectivity index (χ1v) is 13.3. The largest absolute Gasteiger partial charge is 0.339 e. The molecule has 0 aromatic heterocycles. The van der Waals surface area contributed by atoms with E-state index in [4.69, 9.17) is 4.52 Å². The van der Waals surface area contributed by atoms with Crippen LogP contribution in [0.1, 0.15) is 12.8 Å². The topological polar surface area (TPSA) is 12.5 Å². The van der Waals surface area contributed by atoms with Gasteiger partial charge in [0.2, 0.25) is 0 Å². The summed E-state index contributed by atoms with van der Waals surface area (Å²) in [5, 5.41) is 3.05. The first kappa shape index (κ1) is 16.5. The van der Waals surface area contributed by atoms with E-state index in [9.17, 15) is 0 Å². The average molecular weight is 355 g/mol. The van der Waals surface area contributed by atoms with Gasteiger partial charge in [-0.15, -0.1) is 0 Å². The van der Waals surface area contributed by atoms with Crippen molar-refractivity contribution in [1.82, 2.24) is 4.67 Å². The average Bonchev–Trinajstić information content (AvgIpc) is 3.22. The van der Waals surface area contributed by atoms with Crippen molar-refractivity contribution in [3.05, 3.63) is 60.7 Å². The zero-order valence-corrected chi connectivity index (χ0v) is 16.5. The van der Waals surface area contributed by atoms with Gasteiger partial charge in [0.25, 0.3) is 0 Å². The number of hydrogen-bond donors (Lipinski definition) is 0. The number of fused-ring (bicyclic) bond motifs is 1. The SMILES string of the molecule is C[P@]1O[C@@H](C[Si](C)(c2ccccc2)c2ccccc2)[C@H]2CCCN21. The number of benzene rings is 2. The number of rotatable bonds is 4. The minimum Gasteiger partial charge on any atom is -0.339 e. The van der Waals surface area contributed by atoms with Gasteiger partial charge in [0.15, 0.2) is 0 Å². The van der Waals surface area contributed by atoms with Crippen LogP contribution in [0.2, 0.25) is 12.6 Å². The third-order valence-corrected chi connectivity index (χ3v) is 12.0. The van der Waals surface area contributed by atoms with Crippen molar-refractivity contribution in [1.29, 1.82) is 0 Å². The van der Waals surface area contributed by atoms with E-state index in [1.807, 2.05) is 0 Å². The molecular weight excluding hydrogens is 329 g/mol. The van der Waals surface area contributed by atoms with E-state index in [0.29, 0.717) is 12.1 Å². The summed E-state index contributed by atoms with van der Waals surface area (Å²) in [5.74, 6) is 0. The molecule has 0 amide bonds. The fourth-order valence-electron chi connectivity index (χ4n) is 4.42. The van der Waals surface area contributed by atoms with E-state index in [1.54, 1.807) is 0 Å². The molecule has 126 valence electrons. The van der Waals surface area contributed by atoms with Crippen molar-refractivity contribution in [2.45, 2.75) is 37.6 Å². The predicted molar refractivity (Wildman–Crippen MR) is 106 cm³/mol. The molecule has 0 saturated carbocycles. The van der Waals surface area contributed by atoms with Crippen LogP contribution < -0.4 is 10.4 Å². The smallest absolute Gasteiger partial charge is 0.117 e. The molecule has 2 aliphatic heterocycles. The van der Waals surface area contributed by atoms with Gasteiger partial charge in [-0.05, 0) is 25.6 Å². The van der Waals surface area contributed by atoms with E-state index < -0.39 is 8.07 Å². The summed E-state index contributed by atoms with van der Waals surface area (Å²) in [6.45, 7) is 6.05. The second-order valence-electron chi connectivity index (χ2n) is 7.25. The molecule has 2 fully saturated rings. The standard InChI is InChI=1S/C20H26NOPSi/c1-23-21-15-9-14-19(21)20(22-23)16-24(2,17-10-5-3-6-11-17)18-12-7-4-8-13-18/h3-8,10-13,19-20H,9,14-16H2,1-2H3/t19-,20+,23+/m1/s1. The Labute approximate surface area is 147 Å². The second kappa shape index (κ2) is 6.72. The quantitative estimate of drug-likeness (QED) is 0.613. The van der Waals surface area contributed by atoms with E-state index in [1.165, 1.54) is 35.8 Å². The van der Waals surface area contributed by atoms with Gasteiger partial charge in [0, 0.05) is 12.6 Å². The first-order valence-electron chi connectivity index (χ1n) is 8.96. The molecule has 0 bridgehead atoms. The molecule has 4 heteroatoms. The molecule has 24 heavy (non-hydrogen) atoms. The molecule has 2 aromatic rings. The van der Waals surface area contributed by atoms with Crippen LogP contribution in [0.4, 0.5) is 0 Å². The molecule has 0 unspecified atom stereocenters. The van der Waals surface area contributed by atoms with Crippen LogP contribution in [0.25, 0.3) is 0 Å². The van der Waals surface area contributed by atoms with Gasteiger partial charge in [-0.1, -0.05) is 77.6 Å². The summed E-state index contributed by atoms with van der Waals surface area (Å²) in [4.78, 5) is 0. The van der Waals surface area contributed by atoms with E-state index in [2.05, 4.69) is 78.5 Å². The Bertz CT molecular complexity index is 641. The second-order valence-corrected chi connectivity index (χ2v) is 13.1. The monoisotopic (exact) mass is 355 g/mol. The van der Waals surface area contributed by atoms with Crippen LogP contribution in [-0.4, -0.2) is 38.1 Å². The lowest BCUT2D eigenvalue weighted by atomic mass is 10.1. The lowest BCUT2D eigenvalue weighted by Crippen LogP contribution is -2.58. The summed E-state index contributed by atoms with van der Waals surface area (Å²) in [7, 11) is -2.18. The predicted octanol–water partition coefficient (Wildman–Crippen LogP) is 3.68. The molecule has 0 spiro atoms. The lowest BCUT2D eigenvalue weighted by molar-refractivity contribution is 0.230. The van der Waals surface area contributed by atoms with Crippen molar-refractivity contribution < 1.29 is 4.52 Å². The molecule has 3 atom stereocenters. The van der Waals surface area contributed by atoms with Crippen LogP contribution in [0, 0.1) is 0 Å². The maximum absolute atomic E-state index is 6.49. The Balaban J connectivity index is 1.69. The lowest BCUT2D eigenvalue weighted by Gasteiger charge is -2.32. The summed E-state index contributed by atoms with van der Waals surface area (Å²) >= 11 is 0. The van der Waals surface area contributed by atoms with Gasteiger partial charge < -0.3 is 4.52 Å². The molecule has 2 aliphatic rings. The van der Waals surface area contributed by atoms with Gasteiger partial charge in [0.1, 0.15) is 16.4 Å². The highest BCUT2D eigenvalue weighted by molar-refractivity contribution is 7.49. The summed E-state index contributed by atoms with van der Waals surface area (Å²) in [6, 6.07) is 24.2. The Kier molecular flexibility index (Phi) is 4.61. The molecule has 2 nitrogen and oxygen atoms in total. The third kappa shape index (κ3) is 2.88. The molecular formula is C20H26NOPSi. The summed E-state index contributed by atoms with van der Waals surface area (Å²) < 4.78 is 9.14. The summed E-state index contributed by atoms with van der Waals surface area (Å²) in [6.07, 6.45) is 3.05. The van der Waals surface area contributed by atoms with Gasteiger partial charge in [-0.3, -0.25) is 4.67 Å². The van der Waals surface area contributed by atoms with E-state index in [0.717, 1.165) is 0 Å². The normalized spacial score (nSPS) is 27.3. The zero-order valence-electron chi connectivity index (χ0n) is 14.6. The van der Waals surface area contributed by atoms with Crippen LogP contribution >= 0.6 is 8.30 Å². The Morgan fingerprint density at radius 3 is 2.21 bits per heavy atom. The Morgan fingerprint density at radius 1 is 1.04 bits per heavy atom. The highest BCUT2D eigenvalue weighted by atomic mass is 31.2. The minimum absolute atomic E-state index is 0.380. The van der Waals surface area contributed by atoms with E-state index in [-0.39, 0.29) is 8.30 Å². The number of hydrogen-bond acceptors (Lipinski definition) is 2. The van der Waals surface area contributed by atoms with Crippen molar-refractivity contribution in [2.75, 3.05) is 13.2 Å². The van der Waals surface area contributed by atoms with Crippen molar-refractivity contribution in [2.24, 2.45) is 0 Å².